The van der Waals surface area contributed by atoms with Gasteiger partial charge >= 0.3 is 0 Å². The molecule has 0 unspecified atom stereocenters. The second-order valence-electron chi connectivity index (χ2n) is 3.68. The summed E-state index contributed by atoms with van der Waals surface area (Å²) in [6.45, 7) is 0.884. The summed E-state index contributed by atoms with van der Waals surface area (Å²) in [5.41, 5.74) is 0. The number of halogens is 2. The van der Waals surface area contributed by atoms with Crippen molar-refractivity contribution >= 4 is 35.7 Å². The highest BCUT2D eigenvalue weighted by molar-refractivity contribution is 9.10. The van der Waals surface area contributed by atoms with Crippen molar-refractivity contribution < 1.29 is 13.2 Å². The van der Waals surface area contributed by atoms with Gasteiger partial charge in [0.05, 0.1) is 12.9 Å². The molecule has 0 radical (unpaired) electrons. The van der Waals surface area contributed by atoms with Gasteiger partial charge in [0.2, 0.25) is 0 Å². The van der Waals surface area contributed by atoms with Crippen molar-refractivity contribution in [3.63, 3.8) is 0 Å². The first-order chi connectivity index (χ1) is 8.97. The first-order valence-electron chi connectivity index (χ1n) is 5.29. The molecule has 0 aliphatic heterocycles. The number of rotatable bonds is 5. The number of benzene rings is 1. The van der Waals surface area contributed by atoms with Gasteiger partial charge in [-0.2, -0.15) is 0 Å². The third-order valence-electron chi connectivity index (χ3n) is 2.33. The highest BCUT2D eigenvalue weighted by Crippen LogP contribution is 2.29. The van der Waals surface area contributed by atoms with E-state index in [0.717, 1.165) is 0 Å². The van der Waals surface area contributed by atoms with Gasteiger partial charge in [0.25, 0.3) is 9.05 Å². The first-order valence-corrected chi connectivity index (χ1v) is 8.40. The van der Waals surface area contributed by atoms with Gasteiger partial charge in [-0.3, -0.25) is 0 Å². The van der Waals surface area contributed by atoms with E-state index in [1.165, 1.54) is 6.07 Å². The van der Waals surface area contributed by atoms with E-state index in [9.17, 15) is 8.42 Å². The summed E-state index contributed by atoms with van der Waals surface area (Å²) in [5.74, 6) is 0.235. The van der Waals surface area contributed by atoms with Gasteiger partial charge in [0.15, 0.2) is 0 Å². The van der Waals surface area contributed by atoms with Gasteiger partial charge in [-0.05, 0) is 18.2 Å². The fourth-order valence-corrected chi connectivity index (χ4v) is 2.98. The van der Waals surface area contributed by atoms with E-state index in [-0.39, 0.29) is 10.6 Å². The molecule has 5 nitrogen and oxygen atoms in total. The Morgan fingerprint density at radius 1 is 1.42 bits per heavy atom. The standard InChI is InChI=1S/C11H10BrClN2O3S/c12-9-1-2-10(11(7-9)19(13,16)17)18-6-5-15-4-3-14-8-15/h1-4,7-8H,5-6H2. The zero-order valence-electron chi connectivity index (χ0n) is 9.66. The Kier molecular flexibility index (Phi) is 4.49. The minimum atomic E-state index is -3.84. The van der Waals surface area contributed by atoms with Crippen molar-refractivity contribution in [3.8, 4) is 5.75 Å². The zero-order valence-corrected chi connectivity index (χ0v) is 12.8. The number of hydrogen-bond donors (Lipinski definition) is 0. The van der Waals surface area contributed by atoms with E-state index in [1.807, 2.05) is 4.57 Å². The summed E-state index contributed by atoms with van der Waals surface area (Å²) in [4.78, 5) is 3.85. The normalized spacial score (nSPS) is 11.5. The van der Waals surface area contributed by atoms with Crippen LogP contribution in [-0.2, 0) is 15.6 Å². The maximum atomic E-state index is 11.4. The van der Waals surface area contributed by atoms with Crippen LogP contribution in [-0.4, -0.2) is 24.6 Å². The highest BCUT2D eigenvalue weighted by Gasteiger charge is 2.17. The van der Waals surface area contributed by atoms with E-state index in [2.05, 4.69) is 20.9 Å². The average Bonchev–Trinajstić information content (AvgIpc) is 2.83. The van der Waals surface area contributed by atoms with Crippen LogP contribution in [0, 0.1) is 0 Å². The van der Waals surface area contributed by atoms with Crippen LogP contribution in [0.15, 0.2) is 46.3 Å². The predicted molar refractivity (Wildman–Crippen MR) is 74.9 cm³/mol. The molecule has 0 bridgehead atoms. The summed E-state index contributed by atoms with van der Waals surface area (Å²) in [6, 6.07) is 4.67. The van der Waals surface area contributed by atoms with Crippen LogP contribution in [0.25, 0.3) is 0 Å². The molecule has 0 atom stereocenters. The highest BCUT2D eigenvalue weighted by atomic mass is 79.9. The number of hydrogen-bond acceptors (Lipinski definition) is 4. The molecule has 2 rings (SSSR count). The molecule has 1 heterocycles. The van der Waals surface area contributed by atoms with E-state index < -0.39 is 9.05 Å². The van der Waals surface area contributed by atoms with Crippen molar-refractivity contribution in [2.24, 2.45) is 0 Å². The Balaban J connectivity index is 2.12. The van der Waals surface area contributed by atoms with Crippen molar-refractivity contribution in [1.82, 2.24) is 9.55 Å². The lowest BCUT2D eigenvalue weighted by molar-refractivity contribution is 0.291. The van der Waals surface area contributed by atoms with Crippen molar-refractivity contribution in [2.45, 2.75) is 11.4 Å². The molecule has 0 fully saturated rings. The molecule has 0 aliphatic carbocycles. The summed E-state index contributed by atoms with van der Waals surface area (Å²) in [6.07, 6.45) is 5.11. The lowest BCUT2D eigenvalue weighted by Gasteiger charge is -2.10. The summed E-state index contributed by atoms with van der Waals surface area (Å²) in [7, 11) is 1.53. The molecule has 0 N–H and O–H groups in total. The Morgan fingerprint density at radius 2 is 2.21 bits per heavy atom. The topological polar surface area (TPSA) is 61.2 Å². The second-order valence-corrected chi connectivity index (χ2v) is 7.13. The Bertz CT molecular complexity index is 659. The molecule has 0 saturated heterocycles. The number of imidazole rings is 1. The van der Waals surface area contributed by atoms with E-state index in [0.29, 0.717) is 17.6 Å². The molecule has 0 amide bonds. The molecule has 1 aromatic heterocycles. The van der Waals surface area contributed by atoms with Crippen LogP contribution in [0.4, 0.5) is 0 Å². The third-order valence-corrected chi connectivity index (χ3v) is 4.17. The SMILES string of the molecule is O=S(=O)(Cl)c1cc(Br)ccc1OCCn1ccnc1. The molecule has 19 heavy (non-hydrogen) atoms. The van der Waals surface area contributed by atoms with Gasteiger partial charge in [0.1, 0.15) is 17.3 Å². The van der Waals surface area contributed by atoms with Crippen LogP contribution < -0.4 is 4.74 Å². The van der Waals surface area contributed by atoms with Gasteiger partial charge in [-0.1, -0.05) is 15.9 Å². The minimum absolute atomic E-state index is 0.0471. The maximum Gasteiger partial charge on any atom is 0.265 e. The quantitative estimate of drug-likeness (QED) is 0.764. The first kappa shape index (κ1) is 14.4. The number of nitrogens with zero attached hydrogens (tertiary/aromatic N) is 2. The third kappa shape index (κ3) is 3.95. The molecule has 102 valence electrons. The summed E-state index contributed by atoms with van der Waals surface area (Å²) < 4.78 is 30.8. The molecular weight excluding hydrogens is 356 g/mol. The van der Waals surface area contributed by atoms with Gasteiger partial charge in [-0.25, -0.2) is 13.4 Å². The lowest BCUT2D eigenvalue weighted by Crippen LogP contribution is -2.08. The zero-order chi connectivity index (χ0) is 13.9. The molecule has 1 aromatic carbocycles. The minimum Gasteiger partial charge on any atom is -0.490 e. The fraction of sp³-hybridized carbons (Fsp3) is 0.182. The summed E-state index contributed by atoms with van der Waals surface area (Å²) in [5, 5.41) is 0. The Labute approximate surface area is 123 Å². The molecular formula is C11H10BrClN2O3S. The Hall–Kier alpha value is -1.05. The summed E-state index contributed by atoms with van der Waals surface area (Å²) >= 11 is 3.20. The van der Waals surface area contributed by atoms with Crippen LogP contribution in [0.5, 0.6) is 5.75 Å². The van der Waals surface area contributed by atoms with Crippen molar-refractivity contribution in [3.05, 3.63) is 41.4 Å². The second kappa shape index (κ2) is 5.94. The Morgan fingerprint density at radius 3 is 2.84 bits per heavy atom. The molecule has 8 heteroatoms. The van der Waals surface area contributed by atoms with E-state index >= 15 is 0 Å². The molecule has 0 aliphatic rings. The molecule has 0 saturated carbocycles. The molecule has 2 aromatic rings. The predicted octanol–water partition coefficient (Wildman–Crippen LogP) is 2.65. The van der Waals surface area contributed by atoms with Crippen molar-refractivity contribution in [1.29, 1.82) is 0 Å². The van der Waals surface area contributed by atoms with E-state index in [1.54, 1.807) is 30.9 Å². The smallest absolute Gasteiger partial charge is 0.265 e. The van der Waals surface area contributed by atoms with Gasteiger partial charge in [0, 0.05) is 27.5 Å². The number of aromatic nitrogens is 2. The average molecular weight is 366 g/mol. The van der Waals surface area contributed by atoms with Crippen LogP contribution in [0.2, 0.25) is 0 Å². The van der Waals surface area contributed by atoms with Crippen LogP contribution in [0.3, 0.4) is 0 Å². The van der Waals surface area contributed by atoms with Gasteiger partial charge < -0.3 is 9.30 Å². The fourth-order valence-electron chi connectivity index (χ4n) is 1.47. The van der Waals surface area contributed by atoms with Gasteiger partial charge in [-0.15, -0.1) is 0 Å². The van der Waals surface area contributed by atoms with Crippen molar-refractivity contribution in [2.75, 3.05) is 6.61 Å². The van der Waals surface area contributed by atoms with Crippen LogP contribution >= 0.6 is 26.6 Å². The molecule has 0 spiro atoms. The van der Waals surface area contributed by atoms with Crippen LogP contribution in [0.1, 0.15) is 0 Å². The lowest BCUT2D eigenvalue weighted by atomic mass is 10.3. The monoisotopic (exact) mass is 364 g/mol. The maximum absolute atomic E-state index is 11.4. The largest absolute Gasteiger partial charge is 0.490 e. The number of ether oxygens (including phenoxy) is 1. The van der Waals surface area contributed by atoms with E-state index in [4.69, 9.17) is 15.4 Å².